The molecule has 1 atom stereocenters. The summed E-state index contributed by atoms with van der Waals surface area (Å²) in [5.41, 5.74) is 4.44. The van der Waals surface area contributed by atoms with E-state index >= 15 is 0 Å². The molecule has 0 radical (unpaired) electrons. The SMILES string of the molecule is Cc1ccc(CN(C(=O)CSCc2ccc(Br)cc2)[C@H](Cc2ccccc2)C(=O)NC2CCCCC2)cc1. The van der Waals surface area contributed by atoms with Gasteiger partial charge in [-0.15, -0.1) is 11.8 Å². The summed E-state index contributed by atoms with van der Waals surface area (Å²) in [6.07, 6.45) is 6.04. The summed E-state index contributed by atoms with van der Waals surface area (Å²) in [5.74, 6) is 1.02. The molecule has 1 N–H and O–H groups in total. The lowest BCUT2D eigenvalue weighted by atomic mass is 9.94. The Balaban J connectivity index is 1.55. The molecule has 2 amide bonds. The number of aryl methyl sites for hydroxylation is 1. The summed E-state index contributed by atoms with van der Waals surface area (Å²) in [6.45, 7) is 2.47. The van der Waals surface area contributed by atoms with Gasteiger partial charge in [0.2, 0.25) is 11.8 Å². The van der Waals surface area contributed by atoms with E-state index in [-0.39, 0.29) is 17.9 Å². The summed E-state index contributed by atoms with van der Waals surface area (Å²) in [6, 6.07) is 26.1. The van der Waals surface area contributed by atoms with E-state index in [9.17, 15) is 9.59 Å². The Bertz CT molecular complexity index is 1160. The molecule has 6 heteroatoms. The third-order valence-corrected chi connectivity index (χ3v) is 8.62. The van der Waals surface area contributed by atoms with Gasteiger partial charge in [-0.05, 0) is 48.6 Å². The Morgan fingerprint density at radius 2 is 1.55 bits per heavy atom. The van der Waals surface area contributed by atoms with Crippen molar-refractivity contribution >= 4 is 39.5 Å². The molecule has 1 aliphatic rings. The standard InChI is InChI=1S/C32H37BrN2O2S/c1-24-12-14-26(15-13-24)21-35(31(36)23-38-22-27-16-18-28(33)19-17-27)30(20-25-8-4-2-5-9-25)32(37)34-29-10-6-3-7-11-29/h2,4-5,8-9,12-19,29-30H,3,6-7,10-11,20-23H2,1H3,(H,34,37)/t30-/m1/s1. The van der Waals surface area contributed by atoms with Gasteiger partial charge in [-0.3, -0.25) is 9.59 Å². The number of halogens is 1. The van der Waals surface area contributed by atoms with E-state index in [0.29, 0.717) is 18.7 Å². The van der Waals surface area contributed by atoms with Gasteiger partial charge < -0.3 is 10.2 Å². The largest absolute Gasteiger partial charge is 0.352 e. The molecule has 0 aromatic heterocycles. The van der Waals surface area contributed by atoms with Gasteiger partial charge in [0.1, 0.15) is 6.04 Å². The highest BCUT2D eigenvalue weighted by molar-refractivity contribution is 9.10. The molecule has 4 rings (SSSR count). The van der Waals surface area contributed by atoms with E-state index in [0.717, 1.165) is 47.0 Å². The minimum atomic E-state index is -0.568. The van der Waals surface area contributed by atoms with Crippen LogP contribution in [0.15, 0.2) is 83.3 Å². The molecule has 3 aromatic carbocycles. The van der Waals surface area contributed by atoms with Gasteiger partial charge in [0.05, 0.1) is 5.75 Å². The monoisotopic (exact) mass is 592 g/mol. The number of amides is 2. The topological polar surface area (TPSA) is 49.4 Å². The van der Waals surface area contributed by atoms with E-state index in [1.54, 1.807) is 11.8 Å². The Hall–Kier alpha value is -2.57. The maximum Gasteiger partial charge on any atom is 0.243 e. The summed E-state index contributed by atoms with van der Waals surface area (Å²) in [5, 5.41) is 3.31. The normalized spacial score (nSPS) is 14.6. The van der Waals surface area contributed by atoms with Crippen molar-refractivity contribution in [2.75, 3.05) is 5.75 Å². The van der Waals surface area contributed by atoms with Crippen molar-refractivity contribution in [3.05, 3.63) is 106 Å². The fourth-order valence-corrected chi connectivity index (χ4v) is 6.04. The number of nitrogens with zero attached hydrogens (tertiary/aromatic N) is 1. The quantitative estimate of drug-likeness (QED) is 0.259. The third-order valence-electron chi connectivity index (χ3n) is 7.10. The van der Waals surface area contributed by atoms with Gasteiger partial charge in [-0.1, -0.05) is 107 Å². The average molecular weight is 594 g/mol. The second-order valence-electron chi connectivity index (χ2n) is 10.2. The Morgan fingerprint density at radius 1 is 0.895 bits per heavy atom. The Morgan fingerprint density at radius 3 is 2.24 bits per heavy atom. The zero-order valence-electron chi connectivity index (χ0n) is 22.1. The van der Waals surface area contributed by atoms with Crippen LogP contribution in [0.5, 0.6) is 0 Å². The average Bonchev–Trinajstić information content (AvgIpc) is 2.94. The van der Waals surface area contributed by atoms with E-state index < -0.39 is 6.04 Å². The smallest absolute Gasteiger partial charge is 0.243 e. The molecule has 0 saturated heterocycles. The van der Waals surface area contributed by atoms with Gasteiger partial charge in [0, 0.05) is 29.2 Å². The molecule has 3 aromatic rings. The lowest BCUT2D eigenvalue weighted by molar-refractivity contribution is -0.139. The number of benzene rings is 3. The van der Waals surface area contributed by atoms with Crippen molar-refractivity contribution in [1.82, 2.24) is 10.2 Å². The van der Waals surface area contributed by atoms with Crippen LogP contribution in [0.3, 0.4) is 0 Å². The maximum absolute atomic E-state index is 13.8. The van der Waals surface area contributed by atoms with Crippen molar-refractivity contribution in [2.45, 2.75) is 69.8 Å². The van der Waals surface area contributed by atoms with Crippen molar-refractivity contribution in [1.29, 1.82) is 0 Å². The molecule has 38 heavy (non-hydrogen) atoms. The van der Waals surface area contributed by atoms with E-state index in [1.807, 2.05) is 47.4 Å². The number of hydrogen-bond acceptors (Lipinski definition) is 3. The molecule has 0 spiro atoms. The number of carbonyl (C=O) groups excluding carboxylic acids is 2. The number of carbonyl (C=O) groups is 2. The van der Waals surface area contributed by atoms with Gasteiger partial charge in [0.25, 0.3) is 0 Å². The zero-order valence-corrected chi connectivity index (χ0v) is 24.5. The van der Waals surface area contributed by atoms with E-state index in [2.05, 4.69) is 64.6 Å². The van der Waals surface area contributed by atoms with E-state index in [4.69, 9.17) is 0 Å². The first-order chi connectivity index (χ1) is 18.5. The first-order valence-corrected chi connectivity index (χ1v) is 15.4. The molecule has 0 aliphatic heterocycles. The first-order valence-electron chi connectivity index (χ1n) is 13.5. The second-order valence-corrected chi connectivity index (χ2v) is 12.1. The van der Waals surface area contributed by atoms with Crippen LogP contribution >= 0.6 is 27.7 Å². The zero-order chi connectivity index (χ0) is 26.7. The number of nitrogens with one attached hydrogen (secondary N) is 1. The van der Waals surface area contributed by atoms with Crippen LogP contribution in [0.2, 0.25) is 0 Å². The second kappa shape index (κ2) is 14.5. The van der Waals surface area contributed by atoms with Gasteiger partial charge in [-0.25, -0.2) is 0 Å². The minimum Gasteiger partial charge on any atom is -0.352 e. The molecular formula is C32H37BrN2O2S. The first kappa shape index (κ1) is 28.4. The fraction of sp³-hybridized carbons (Fsp3) is 0.375. The highest BCUT2D eigenvalue weighted by atomic mass is 79.9. The van der Waals surface area contributed by atoms with Crippen LogP contribution in [-0.4, -0.2) is 34.6 Å². The predicted octanol–water partition coefficient (Wildman–Crippen LogP) is 7.08. The summed E-state index contributed by atoms with van der Waals surface area (Å²) < 4.78 is 1.04. The predicted molar refractivity (Wildman–Crippen MR) is 161 cm³/mol. The van der Waals surface area contributed by atoms with Crippen LogP contribution in [0.25, 0.3) is 0 Å². The molecule has 0 unspecified atom stereocenters. The van der Waals surface area contributed by atoms with Crippen LogP contribution in [0, 0.1) is 6.92 Å². The highest BCUT2D eigenvalue weighted by Crippen LogP contribution is 2.22. The number of rotatable bonds is 11. The minimum absolute atomic E-state index is 0.00703. The van der Waals surface area contributed by atoms with Gasteiger partial charge in [-0.2, -0.15) is 0 Å². The van der Waals surface area contributed by atoms with E-state index in [1.165, 1.54) is 17.5 Å². The van der Waals surface area contributed by atoms with Crippen molar-refractivity contribution in [3.8, 4) is 0 Å². The number of hydrogen-bond donors (Lipinski definition) is 1. The van der Waals surface area contributed by atoms with Crippen molar-refractivity contribution in [2.24, 2.45) is 0 Å². The Labute approximate surface area is 239 Å². The van der Waals surface area contributed by atoms with Gasteiger partial charge in [0.15, 0.2) is 0 Å². The summed E-state index contributed by atoms with van der Waals surface area (Å²) >= 11 is 5.07. The molecule has 1 saturated carbocycles. The van der Waals surface area contributed by atoms with Crippen LogP contribution < -0.4 is 5.32 Å². The van der Waals surface area contributed by atoms with Crippen LogP contribution in [0.1, 0.15) is 54.4 Å². The van der Waals surface area contributed by atoms with Crippen LogP contribution in [0.4, 0.5) is 0 Å². The lowest BCUT2D eigenvalue weighted by Gasteiger charge is -2.33. The maximum atomic E-state index is 13.8. The highest BCUT2D eigenvalue weighted by Gasteiger charge is 2.31. The molecule has 200 valence electrons. The number of thioether (sulfide) groups is 1. The summed E-state index contributed by atoms with van der Waals surface area (Å²) in [4.78, 5) is 29.4. The Kier molecular flexibility index (Phi) is 10.9. The van der Waals surface area contributed by atoms with Crippen LogP contribution in [-0.2, 0) is 28.3 Å². The van der Waals surface area contributed by atoms with Gasteiger partial charge >= 0.3 is 0 Å². The molecule has 0 heterocycles. The molecule has 4 nitrogen and oxygen atoms in total. The summed E-state index contributed by atoms with van der Waals surface area (Å²) in [7, 11) is 0. The van der Waals surface area contributed by atoms with Crippen molar-refractivity contribution < 1.29 is 9.59 Å². The van der Waals surface area contributed by atoms with Crippen molar-refractivity contribution in [3.63, 3.8) is 0 Å². The fourth-order valence-electron chi connectivity index (χ4n) is 4.91. The molecule has 1 fully saturated rings. The molecule has 0 bridgehead atoms. The third kappa shape index (κ3) is 8.74. The molecule has 1 aliphatic carbocycles. The lowest BCUT2D eigenvalue weighted by Crippen LogP contribution is -2.53. The molecular weight excluding hydrogens is 556 g/mol.